The highest BCUT2D eigenvalue weighted by Gasteiger charge is 2.12. The molecule has 2 aromatic carbocycles. The Kier molecular flexibility index (Phi) is 4.79. The van der Waals surface area contributed by atoms with Crippen molar-refractivity contribution in [3.63, 3.8) is 0 Å². The average Bonchev–Trinajstić information content (AvgIpc) is 2.97. The topological polar surface area (TPSA) is 56.1 Å². The quantitative estimate of drug-likeness (QED) is 0.765. The predicted molar refractivity (Wildman–Crippen MR) is 93.8 cm³/mol. The summed E-state index contributed by atoms with van der Waals surface area (Å²) >= 11 is 0. The molecule has 0 aliphatic heterocycles. The fraction of sp³-hybridized carbons (Fsp3) is 0.158. The first-order valence-corrected chi connectivity index (χ1v) is 7.93. The summed E-state index contributed by atoms with van der Waals surface area (Å²) in [5.41, 5.74) is 1.91. The molecule has 0 spiro atoms. The highest BCUT2D eigenvalue weighted by atomic mass is 19.1. The number of carbonyl (C=O) groups is 1. The van der Waals surface area contributed by atoms with Crippen molar-refractivity contribution < 1.29 is 13.9 Å². The molecule has 1 N–H and O–H groups in total. The third kappa shape index (κ3) is 3.85. The summed E-state index contributed by atoms with van der Waals surface area (Å²) in [7, 11) is 0. The van der Waals surface area contributed by atoms with Gasteiger partial charge in [-0.15, -0.1) is 0 Å². The molecule has 6 heteroatoms. The Morgan fingerprint density at radius 1 is 1.16 bits per heavy atom. The highest BCUT2D eigenvalue weighted by Crippen LogP contribution is 2.19. The Bertz CT molecular complexity index is 871. The number of halogens is 1. The van der Waals surface area contributed by atoms with Crippen LogP contribution in [0.4, 0.5) is 10.2 Å². The molecule has 0 atom stereocenters. The molecule has 0 bridgehead atoms. The zero-order valence-corrected chi connectivity index (χ0v) is 14.0. The van der Waals surface area contributed by atoms with Gasteiger partial charge >= 0.3 is 0 Å². The van der Waals surface area contributed by atoms with E-state index in [9.17, 15) is 9.18 Å². The van der Waals surface area contributed by atoms with Crippen molar-refractivity contribution in [2.45, 2.75) is 13.8 Å². The third-order valence-corrected chi connectivity index (χ3v) is 3.57. The maximum atomic E-state index is 13.1. The number of benzene rings is 2. The molecule has 3 rings (SSSR count). The molecule has 0 radical (unpaired) electrons. The van der Waals surface area contributed by atoms with Crippen LogP contribution in [0.2, 0.25) is 0 Å². The molecule has 0 unspecified atom stereocenters. The molecule has 1 aromatic heterocycles. The van der Waals surface area contributed by atoms with Crippen molar-refractivity contribution in [2.75, 3.05) is 11.9 Å². The maximum Gasteiger partial charge on any atom is 0.256 e. The Morgan fingerprint density at radius 2 is 1.84 bits per heavy atom. The molecular formula is C19H18FN3O2. The van der Waals surface area contributed by atoms with E-state index < -0.39 is 0 Å². The standard InChI is InChI=1S/C19H18FN3O2/c1-3-25-17-10-4-14(5-11-17)19(24)21-18-12-13(2)22-23(18)16-8-6-15(20)7-9-16/h4-12H,3H2,1-2H3,(H,21,24). The van der Waals surface area contributed by atoms with Crippen LogP contribution in [0.25, 0.3) is 5.69 Å². The number of aryl methyl sites for hydroxylation is 1. The minimum absolute atomic E-state index is 0.258. The van der Waals surface area contributed by atoms with E-state index >= 15 is 0 Å². The fourth-order valence-electron chi connectivity index (χ4n) is 2.43. The van der Waals surface area contributed by atoms with E-state index in [0.29, 0.717) is 29.4 Å². The van der Waals surface area contributed by atoms with Crippen LogP contribution in [0.5, 0.6) is 5.75 Å². The van der Waals surface area contributed by atoms with Crippen LogP contribution in [0.1, 0.15) is 23.0 Å². The van der Waals surface area contributed by atoms with Crippen LogP contribution in [0.3, 0.4) is 0 Å². The third-order valence-electron chi connectivity index (χ3n) is 3.57. The molecule has 1 heterocycles. The number of hydrogen-bond acceptors (Lipinski definition) is 3. The molecule has 128 valence electrons. The first-order chi connectivity index (χ1) is 12.1. The first kappa shape index (κ1) is 16.7. The van der Waals surface area contributed by atoms with E-state index in [2.05, 4.69) is 10.4 Å². The van der Waals surface area contributed by atoms with E-state index in [0.717, 1.165) is 5.69 Å². The van der Waals surface area contributed by atoms with E-state index in [-0.39, 0.29) is 11.7 Å². The van der Waals surface area contributed by atoms with Crippen LogP contribution in [0.15, 0.2) is 54.6 Å². The second kappa shape index (κ2) is 7.17. The van der Waals surface area contributed by atoms with Gasteiger partial charge in [-0.3, -0.25) is 4.79 Å². The Hall–Kier alpha value is -3.15. The van der Waals surface area contributed by atoms with Gasteiger partial charge in [-0.25, -0.2) is 9.07 Å². The van der Waals surface area contributed by atoms with Crippen LogP contribution >= 0.6 is 0 Å². The van der Waals surface area contributed by atoms with Gasteiger partial charge in [0.05, 0.1) is 18.0 Å². The summed E-state index contributed by atoms with van der Waals surface area (Å²) in [5.74, 6) is 0.646. The summed E-state index contributed by atoms with van der Waals surface area (Å²) in [6.07, 6.45) is 0. The van der Waals surface area contributed by atoms with Crippen molar-refractivity contribution in [3.8, 4) is 11.4 Å². The summed E-state index contributed by atoms with van der Waals surface area (Å²) in [5, 5.41) is 7.19. The monoisotopic (exact) mass is 339 g/mol. The van der Waals surface area contributed by atoms with Crippen molar-refractivity contribution in [2.24, 2.45) is 0 Å². The number of ether oxygens (including phenoxy) is 1. The van der Waals surface area contributed by atoms with Crippen molar-refractivity contribution in [1.29, 1.82) is 0 Å². The lowest BCUT2D eigenvalue weighted by molar-refractivity contribution is 0.102. The Labute approximate surface area is 145 Å². The summed E-state index contributed by atoms with van der Waals surface area (Å²) in [6.45, 7) is 4.30. The molecule has 3 aromatic rings. The molecule has 0 fully saturated rings. The van der Waals surface area contributed by atoms with Gasteiger partial charge < -0.3 is 10.1 Å². The normalized spacial score (nSPS) is 10.5. The molecule has 0 saturated carbocycles. The lowest BCUT2D eigenvalue weighted by Gasteiger charge is -2.09. The Morgan fingerprint density at radius 3 is 2.48 bits per heavy atom. The zero-order valence-electron chi connectivity index (χ0n) is 14.0. The highest BCUT2D eigenvalue weighted by molar-refractivity contribution is 6.04. The number of nitrogens with zero attached hydrogens (tertiary/aromatic N) is 2. The van der Waals surface area contributed by atoms with E-state index in [4.69, 9.17) is 4.74 Å². The molecule has 5 nitrogen and oxygen atoms in total. The van der Waals surface area contributed by atoms with E-state index in [1.807, 2.05) is 13.8 Å². The van der Waals surface area contributed by atoms with Crippen molar-refractivity contribution in [1.82, 2.24) is 9.78 Å². The number of rotatable bonds is 5. The molecule has 0 aliphatic rings. The minimum Gasteiger partial charge on any atom is -0.494 e. The second-order valence-corrected chi connectivity index (χ2v) is 5.47. The van der Waals surface area contributed by atoms with Crippen LogP contribution in [-0.4, -0.2) is 22.3 Å². The van der Waals surface area contributed by atoms with Crippen LogP contribution < -0.4 is 10.1 Å². The number of anilines is 1. The summed E-state index contributed by atoms with van der Waals surface area (Å²) in [6, 6.07) is 14.6. The lowest BCUT2D eigenvalue weighted by Crippen LogP contribution is -2.15. The number of amides is 1. The smallest absolute Gasteiger partial charge is 0.256 e. The largest absolute Gasteiger partial charge is 0.494 e. The van der Waals surface area contributed by atoms with Gasteiger partial charge in [0.25, 0.3) is 5.91 Å². The van der Waals surface area contributed by atoms with Gasteiger partial charge in [0.1, 0.15) is 17.4 Å². The van der Waals surface area contributed by atoms with E-state index in [1.165, 1.54) is 12.1 Å². The van der Waals surface area contributed by atoms with Crippen molar-refractivity contribution >= 4 is 11.7 Å². The molecular weight excluding hydrogens is 321 g/mol. The molecule has 0 saturated heterocycles. The van der Waals surface area contributed by atoms with Gasteiger partial charge in [0.2, 0.25) is 0 Å². The lowest BCUT2D eigenvalue weighted by atomic mass is 10.2. The zero-order chi connectivity index (χ0) is 17.8. The average molecular weight is 339 g/mol. The minimum atomic E-state index is -0.326. The van der Waals surface area contributed by atoms with E-state index in [1.54, 1.807) is 47.1 Å². The number of hydrogen-bond donors (Lipinski definition) is 1. The van der Waals surface area contributed by atoms with Crippen LogP contribution in [0, 0.1) is 12.7 Å². The van der Waals surface area contributed by atoms with Crippen LogP contribution in [-0.2, 0) is 0 Å². The number of nitrogens with one attached hydrogen (secondary N) is 1. The van der Waals surface area contributed by atoms with Crippen molar-refractivity contribution in [3.05, 3.63) is 71.7 Å². The second-order valence-electron chi connectivity index (χ2n) is 5.47. The SMILES string of the molecule is CCOc1ccc(C(=O)Nc2cc(C)nn2-c2ccc(F)cc2)cc1. The molecule has 0 aliphatic carbocycles. The number of carbonyl (C=O) groups excluding carboxylic acids is 1. The Balaban J connectivity index is 1.83. The van der Waals surface area contributed by atoms with Gasteiger partial charge in [-0.05, 0) is 62.4 Å². The summed E-state index contributed by atoms with van der Waals surface area (Å²) in [4.78, 5) is 12.5. The fourth-order valence-corrected chi connectivity index (χ4v) is 2.43. The summed E-state index contributed by atoms with van der Waals surface area (Å²) < 4.78 is 20.1. The molecule has 25 heavy (non-hydrogen) atoms. The maximum absolute atomic E-state index is 13.1. The predicted octanol–water partition coefficient (Wildman–Crippen LogP) is 3.97. The van der Waals surface area contributed by atoms with Gasteiger partial charge in [0, 0.05) is 11.6 Å². The number of aromatic nitrogens is 2. The first-order valence-electron chi connectivity index (χ1n) is 7.93. The molecule has 1 amide bonds. The van der Waals surface area contributed by atoms with Gasteiger partial charge in [-0.2, -0.15) is 5.10 Å². The van der Waals surface area contributed by atoms with Gasteiger partial charge in [-0.1, -0.05) is 0 Å². The van der Waals surface area contributed by atoms with Gasteiger partial charge in [0.15, 0.2) is 0 Å².